The number of hydrogen-bond acceptors (Lipinski definition) is 9. The van der Waals surface area contributed by atoms with Crippen LogP contribution in [0, 0.1) is 5.92 Å². The molecule has 0 heterocycles. The van der Waals surface area contributed by atoms with E-state index in [0.717, 1.165) is 19.3 Å². The molecule has 0 aliphatic heterocycles. The number of unbranched alkanes of at least 4 members (excludes halogenated alkanes) is 2. The fourth-order valence-electron chi connectivity index (χ4n) is 3.87. The van der Waals surface area contributed by atoms with E-state index in [-0.39, 0.29) is 55.5 Å². The standard InChI is InChI=1S/C29H45NO8/c1-7-10-12-25(31)37-23-15-14-22(17-24(23)38-26(32)13-11-8-2)19-29(30,28(34)35-6)18-21(5)36-27(33)16-20(4)9-3/h14-15,17,20-21H,7-13,16,18-19,30H2,1-6H3/t20?,21-,29?/m0/s1. The van der Waals surface area contributed by atoms with Gasteiger partial charge in [0.05, 0.1) is 7.11 Å². The van der Waals surface area contributed by atoms with Crippen molar-refractivity contribution in [2.45, 2.75) is 110 Å². The van der Waals surface area contributed by atoms with E-state index < -0.39 is 29.6 Å². The largest absolute Gasteiger partial charge is 0.468 e. The molecule has 0 aliphatic rings. The third-order valence-corrected chi connectivity index (χ3v) is 6.23. The number of benzene rings is 1. The lowest BCUT2D eigenvalue weighted by atomic mass is 9.86. The first-order chi connectivity index (χ1) is 18.0. The molecule has 0 saturated heterocycles. The monoisotopic (exact) mass is 535 g/mol. The Kier molecular flexibility index (Phi) is 14.6. The van der Waals surface area contributed by atoms with Gasteiger partial charge in [-0.3, -0.25) is 19.2 Å². The summed E-state index contributed by atoms with van der Waals surface area (Å²) in [7, 11) is 1.24. The number of ether oxygens (including phenoxy) is 4. The molecule has 1 aromatic rings. The SMILES string of the molecule is CCCCC(=O)Oc1ccc(CC(N)(C[C@H](C)OC(=O)CC(C)CC)C(=O)OC)cc1OC(=O)CCCC. The van der Waals surface area contributed by atoms with E-state index in [0.29, 0.717) is 18.4 Å². The van der Waals surface area contributed by atoms with E-state index in [1.54, 1.807) is 13.0 Å². The van der Waals surface area contributed by atoms with Crippen molar-refractivity contribution in [3.63, 3.8) is 0 Å². The number of methoxy groups -OCH3 is 1. The molecule has 9 nitrogen and oxygen atoms in total. The Morgan fingerprint density at radius 2 is 1.47 bits per heavy atom. The Bertz CT molecular complexity index is 931. The Morgan fingerprint density at radius 3 is 2.00 bits per heavy atom. The van der Waals surface area contributed by atoms with Gasteiger partial charge >= 0.3 is 23.9 Å². The van der Waals surface area contributed by atoms with Gasteiger partial charge in [-0.25, -0.2) is 0 Å². The third-order valence-electron chi connectivity index (χ3n) is 6.23. The number of hydrogen-bond donors (Lipinski definition) is 1. The fourth-order valence-corrected chi connectivity index (χ4v) is 3.87. The maximum atomic E-state index is 12.7. The number of esters is 4. The molecular weight excluding hydrogens is 490 g/mol. The molecule has 38 heavy (non-hydrogen) atoms. The summed E-state index contributed by atoms with van der Waals surface area (Å²) in [5.41, 5.74) is 5.56. The van der Waals surface area contributed by atoms with E-state index in [4.69, 9.17) is 24.7 Å². The Labute approximate surface area is 226 Å². The van der Waals surface area contributed by atoms with Gasteiger partial charge in [-0.05, 0) is 43.4 Å². The number of carbonyl (C=O) groups excluding carboxylic acids is 4. The summed E-state index contributed by atoms with van der Waals surface area (Å²) in [5.74, 6) is -1.52. The van der Waals surface area contributed by atoms with Crippen molar-refractivity contribution >= 4 is 23.9 Å². The van der Waals surface area contributed by atoms with Crippen LogP contribution in [0.5, 0.6) is 11.5 Å². The van der Waals surface area contributed by atoms with Crippen molar-refractivity contribution in [3.05, 3.63) is 23.8 Å². The number of nitrogens with two attached hydrogens (primary N) is 1. The van der Waals surface area contributed by atoms with Crippen molar-refractivity contribution < 1.29 is 38.1 Å². The summed E-state index contributed by atoms with van der Waals surface area (Å²) in [6.45, 7) is 9.57. The average Bonchev–Trinajstić information content (AvgIpc) is 2.86. The Balaban J connectivity index is 3.17. The normalized spacial score (nSPS) is 14.1. The topological polar surface area (TPSA) is 131 Å². The van der Waals surface area contributed by atoms with Crippen molar-refractivity contribution in [1.82, 2.24) is 0 Å². The summed E-state index contributed by atoms with van der Waals surface area (Å²) in [5, 5.41) is 0. The molecule has 0 fully saturated rings. The van der Waals surface area contributed by atoms with Gasteiger partial charge in [0, 0.05) is 32.1 Å². The molecule has 2 N–H and O–H groups in total. The summed E-state index contributed by atoms with van der Waals surface area (Å²) < 4.78 is 21.5. The van der Waals surface area contributed by atoms with Crippen LogP contribution in [0.3, 0.4) is 0 Å². The predicted octanol–water partition coefficient (Wildman–Crippen LogP) is 5.05. The van der Waals surface area contributed by atoms with Gasteiger partial charge in [-0.1, -0.05) is 53.0 Å². The molecular formula is C29H45NO8. The van der Waals surface area contributed by atoms with Crippen LogP contribution < -0.4 is 15.2 Å². The van der Waals surface area contributed by atoms with Crippen molar-refractivity contribution in [2.75, 3.05) is 7.11 Å². The molecule has 0 radical (unpaired) electrons. The molecule has 9 heteroatoms. The average molecular weight is 536 g/mol. The fraction of sp³-hybridized carbons (Fsp3) is 0.655. The predicted molar refractivity (Wildman–Crippen MR) is 144 cm³/mol. The van der Waals surface area contributed by atoms with Crippen LogP contribution in [-0.2, 0) is 35.1 Å². The lowest BCUT2D eigenvalue weighted by Gasteiger charge is -2.29. The molecule has 0 bridgehead atoms. The molecule has 0 aliphatic carbocycles. The summed E-state index contributed by atoms with van der Waals surface area (Å²) in [4.78, 5) is 49.6. The van der Waals surface area contributed by atoms with Gasteiger partial charge in [-0.2, -0.15) is 0 Å². The van der Waals surface area contributed by atoms with Crippen molar-refractivity contribution in [2.24, 2.45) is 11.7 Å². The molecule has 0 spiro atoms. The van der Waals surface area contributed by atoms with Gasteiger partial charge < -0.3 is 24.7 Å². The van der Waals surface area contributed by atoms with Gasteiger partial charge in [0.1, 0.15) is 11.6 Å². The molecule has 1 aromatic carbocycles. The maximum Gasteiger partial charge on any atom is 0.326 e. The first-order valence-electron chi connectivity index (χ1n) is 13.6. The highest BCUT2D eigenvalue weighted by atomic mass is 16.6. The highest BCUT2D eigenvalue weighted by molar-refractivity contribution is 5.81. The molecule has 214 valence electrons. The lowest BCUT2D eigenvalue weighted by molar-refractivity contribution is -0.155. The minimum atomic E-state index is -1.52. The van der Waals surface area contributed by atoms with Gasteiger partial charge in [0.15, 0.2) is 11.5 Å². The van der Waals surface area contributed by atoms with E-state index in [9.17, 15) is 19.2 Å². The highest BCUT2D eigenvalue weighted by Gasteiger charge is 2.38. The zero-order valence-corrected chi connectivity index (χ0v) is 23.8. The van der Waals surface area contributed by atoms with Crippen LogP contribution in [0.1, 0.15) is 98.0 Å². The smallest absolute Gasteiger partial charge is 0.326 e. The number of carbonyl (C=O) groups is 4. The van der Waals surface area contributed by atoms with E-state index >= 15 is 0 Å². The first kappa shape index (κ1) is 33.1. The van der Waals surface area contributed by atoms with Crippen LogP contribution >= 0.6 is 0 Å². The van der Waals surface area contributed by atoms with Crippen LogP contribution in [0.4, 0.5) is 0 Å². The van der Waals surface area contributed by atoms with Crippen LogP contribution in [0.15, 0.2) is 18.2 Å². The van der Waals surface area contributed by atoms with E-state index in [1.807, 2.05) is 27.7 Å². The zero-order chi connectivity index (χ0) is 28.7. The van der Waals surface area contributed by atoms with Crippen molar-refractivity contribution in [1.29, 1.82) is 0 Å². The Morgan fingerprint density at radius 1 is 0.895 bits per heavy atom. The molecule has 2 unspecified atom stereocenters. The molecule has 0 saturated carbocycles. The molecule has 1 rings (SSSR count). The summed E-state index contributed by atoms with van der Waals surface area (Å²) in [6, 6.07) is 4.71. The number of rotatable bonds is 17. The van der Waals surface area contributed by atoms with Crippen LogP contribution in [0.2, 0.25) is 0 Å². The second kappa shape index (κ2) is 16.8. The van der Waals surface area contributed by atoms with E-state index in [1.165, 1.54) is 19.2 Å². The maximum absolute atomic E-state index is 12.7. The third kappa shape index (κ3) is 11.6. The van der Waals surface area contributed by atoms with Crippen LogP contribution in [-0.4, -0.2) is 42.6 Å². The van der Waals surface area contributed by atoms with Crippen LogP contribution in [0.25, 0.3) is 0 Å². The quantitative estimate of drug-likeness (QED) is 0.215. The molecule has 3 atom stereocenters. The zero-order valence-electron chi connectivity index (χ0n) is 23.8. The Hall–Kier alpha value is -2.94. The molecule has 0 aromatic heterocycles. The van der Waals surface area contributed by atoms with E-state index in [2.05, 4.69) is 0 Å². The second-order valence-electron chi connectivity index (χ2n) is 9.98. The van der Waals surface area contributed by atoms with Gasteiger partial charge in [-0.15, -0.1) is 0 Å². The van der Waals surface area contributed by atoms with Gasteiger partial charge in [0.2, 0.25) is 0 Å². The summed E-state index contributed by atoms with van der Waals surface area (Å²) >= 11 is 0. The second-order valence-corrected chi connectivity index (χ2v) is 9.98. The highest BCUT2D eigenvalue weighted by Crippen LogP contribution is 2.32. The lowest BCUT2D eigenvalue weighted by Crippen LogP contribution is -2.53. The molecule has 0 amide bonds. The van der Waals surface area contributed by atoms with Crippen molar-refractivity contribution in [3.8, 4) is 11.5 Å². The van der Waals surface area contributed by atoms with Gasteiger partial charge in [0.25, 0.3) is 0 Å². The first-order valence-corrected chi connectivity index (χ1v) is 13.6. The minimum absolute atomic E-state index is 0.0104. The minimum Gasteiger partial charge on any atom is -0.468 e. The summed E-state index contributed by atoms with van der Waals surface area (Å²) in [6.07, 6.45) is 3.97.